The highest BCUT2D eigenvalue weighted by molar-refractivity contribution is 7.90. The third kappa shape index (κ3) is 3.50. The van der Waals surface area contributed by atoms with Crippen LogP contribution in [-0.4, -0.2) is 26.5 Å². The number of benzene rings is 2. The summed E-state index contributed by atoms with van der Waals surface area (Å²) in [6, 6.07) is 11.2. The van der Waals surface area contributed by atoms with Crippen molar-refractivity contribution < 1.29 is 22.9 Å². The number of rotatable bonds is 4. The minimum Gasteiger partial charge on any atom is -0.423 e. The zero-order valence-corrected chi connectivity index (χ0v) is 13.8. The van der Waals surface area contributed by atoms with Gasteiger partial charge in [-0.25, -0.2) is 8.42 Å². The van der Waals surface area contributed by atoms with E-state index in [-0.39, 0.29) is 16.6 Å². The molecule has 0 fully saturated rings. The molecule has 0 bridgehead atoms. The van der Waals surface area contributed by atoms with E-state index in [1.165, 1.54) is 19.1 Å². The summed E-state index contributed by atoms with van der Waals surface area (Å²) in [4.78, 5) is 11.2. The molecule has 0 saturated carbocycles. The topological polar surface area (TPSA) is 92.7 Å². The number of anilines is 1. The van der Waals surface area contributed by atoms with Crippen LogP contribution in [0, 0.1) is 0 Å². The number of fused-ring (bicyclic) bond motifs is 1. The van der Waals surface area contributed by atoms with Crippen molar-refractivity contribution in [3.05, 3.63) is 53.6 Å². The van der Waals surface area contributed by atoms with E-state index in [9.17, 15) is 18.2 Å². The fraction of sp³-hybridized carbons (Fsp3) is 0.188. The first kappa shape index (κ1) is 16.7. The molecule has 24 heavy (non-hydrogen) atoms. The Balaban J connectivity index is 1.81. The Hall–Kier alpha value is -2.16. The fourth-order valence-electron chi connectivity index (χ4n) is 2.61. The number of amides is 1. The van der Waals surface area contributed by atoms with Crippen molar-refractivity contribution in [1.29, 1.82) is 0 Å². The van der Waals surface area contributed by atoms with Gasteiger partial charge in [-0.05, 0) is 40.9 Å². The van der Waals surface area contributed by atoms with Crippen molar-refractivity contribution in [2.45, 2.75) is 24.2 Å². The number of hydrogen-bond donors (Lipinski definition) is 2. The van der Waals surface area contributed by atoms with E-state index in [0.29, 0.717) is 23.3 Å². The molecule has 2 N–H and O–H groups in total. The fourth-order valence-corrected chi connectivity index (χ4v) is 3.94. The van der Waals surface area contributed by atoms with E-state index in [1.54, 1.807) is 30.3 Å². The van der Waals surface area contributed by atoms with Crippen LogP contribution in [0.1, 0.15) is 18.1 Å². The summed E-state index contributed by atoms with van der Waals surface area (Å²) in [6.45, 7) is 1.71. The van der Waals surface area contributed by atoms with Gasteiger partial charge in [-0.3, -0.25) is 4.79 Å². The number of carbonyl (C=O) groups excluding carboxylic acids is 1. The summed E-state index contributed by atoms with van der Waals surface area (Å²) in [5, 5.41) is 12.3. The van der Waals surface area contributed by atoms with Crippen molar-refractivity contribution >= 4 is 34.0 Å². The van der Waals surface area contributed by atoms with Gasteiger partial charge in [0.2, 0.25) is 5.91 Å². The van der Waals surface area contributed by atoms with Crippen LogP contribution in [0.2, 0.25) is 0 Å². The van der Waals surface area contributed by atoms with E-state index in [1.807, 2.05) is 0 Å². The Labute approximate surface area is 140 Å². The van der Waals surface area contributed by atoms with Gasteiger partial charge in [0.05, 0.1) is 17.3 Å². The van der Waals surface area contributed by atoms with Gasteiger partial charge in [0.25, 0.3) is 0 Å². The average molecular weight is 345 g/mol. The van der Waals surface area contributed by atoms with Gasteiger partial charge in [0.1, 0.15) is 0 Å². The molecule has 0 spiro atoms. The van der Waals surface area contributed by atoms with Crippen molar-refractivity contribution in [3.8, 4) is 0 Å². The van der Waals surface area contributed by atoms with E-state index in [4.69, 9.17) is 4.65 Å². The Bertz CT molecular complexity index is 880. The van der Waals surface area contributed by atoms with Crippen LogP contribution in [0.25, 0.3) is 0 Å². The molecule has 1 heterocycles. The van der Waals surface area contributed by atoms with Crippen molar-refractivity contribution in [2.24, 2.45) is 0 Å². The monoisotopic (exact) mass is 345 g/mol. The first-order chi connectivity index (χ1) is 11.3. The molecule has 1 aliphatic heterocycles. The second kappa shape index (κ2) is 6.39. The number of sulfone groups is 1. The lowest BCUT2D eigenvalue weighted by Crippen LogP contribution is -2.28. The maximum atomic E-state index is 12.5. The predicted octanol–water partition coefficient (Wildman–Crippen LogP) is 0.837. The number of carbonyl (C=O) groups is 1. The van der Waals surface area contributed by atoms with Crippen LogP contribution >= 0.6 is 0 Å². The van der Waals surface area contributed by atoms with Crippen LogP contribution in [0.5, 0.6) is 0 Å². The molecule has 0 saturated heterocycles. The smallest absolute Gasteiger partial charge is 0.423 e. The highest BCUT2D eigenvalue weighted by Crippen LogP contribution is 2.20. The van der Waals surface area contributed by atoms with Crippen molar-refractivity contribution in [2.75, 3.05) is 5.32 Å². The minimum absolute atomic E-state index is 0.174. The minimum atomic E-state index is -3.53. The Morgan fingerprint density at radius 1 is 1.25 bits per heavy atom. The second-order valence-electron chi connectivity index (χ2n) is 5.66. The van der Waals surface area contributed by atoms with E-state index < -0.39 is 17.0 Å². The van der Waals surface area contributed by atoms with Crippen molar-refractivity contribution in [1.82, 2.24) is 0 Å². The lowest BCUT2D eigenvalue weighted by atomic mass is 9.79. The van der Waals surface area contributed by atoms with Gasteiger partial charge in [-0.2, -0.15) is 0 Å². The number of hydrogen-bond acceptors (Lipinski definition) is 5. The van der Waals surface area contributed by atoms with Gasteiger partial charge in [0, 0.05) is 12.6 Å². The normalized spacial score (nSPS) is 13.7. The quantitative estimate of drug-likeness (QED) is 0.801. The molecule has 2 aromatic rings. The Morgan fingerprint density at radius 3 is 2.62 bits per heavy atom. The average Bonchev–Trinajstić information content (AvgIpc) is 2.88. The van der Waals surface area contributed by atoms with E-state index in [2.05, 4.69) is 5.32 Å². The Morgan fingerprint density at radius 2 is 1.96 bits per heavy atom. The maximum Gasteiger partial charge on any atom is 0.491 e. The molecule has 6 nitrogen and oxygen atoms in total. The summed E-state index contributed by atoms with van der Waals surface area (Å²) in [6.07, 6.45) is 0. The predicted molar refractivity (Wildman–Crippen MR) is 90.5 cm³/mol. The molecular weight excluding hydrogens is 329 g/mol. The summed E-state index contributed by atoms with van der Waals surface area (Å²) in [5.74, 6) is -0.392. The number of nitrogens with one attached hydrogen (secondary N) is 1. The third-order valence-electron chi connectivity index (χ3n) is 3.76. The van der Waals surface area contributed by atoms with Gasteiger partial charge in [-0.15, -0.1) is 0 Å². The zero-order chi connectivity index (χ0) is 17.3. The van der Waals surface area contributed by atoms with Gasteiger partial charge < -0.3 is 15.0 Å². The van der Waals surface area contributed by atoms with Crippen LogP contribution in [0.4, 0.5) is 5.69 Å². The molecule has 1 amide bonds. The van der Waals surface area contributed by atoms with Crippen molar-refractivity contribution in [3.63, 3.8) is 0 Å². The van der Waals surface area contributed by atoms with Crippen LogP contribution in [0.15, 0.2) is 47.4 Å². The van der Waals surface area contributed by atoms with Crippen LogP contribution < -0.4 is 10.8 Å². The molecule has 2 aromatic carbocycles. The second-order valence-corrected chi connectivity index (χ2v) is 7.65. The molecule has 0 unspecified atom stereocenters. The third-order valence-corrected chi connectivity index (χ3v) is 5.47. The molecule has 3 rings (SSSR count). The van der Waals surface area contributed by atoms with E-state index >= 15 is 0 Å². The molecule has 0 radical (unpaired) electrons. The van der Waals surface area contributed by atoms with Gasteiger partial charge >= 0.3 is 7.12 Å². The molecule has 0 aliphatic carbocycles. The van der Waals surface area contributed by atoms with Crippen LogP contribution in [0.3, 0.4) is 0 Å². The summed E-state index contributed by atoms with van der Waals surface area (Å²) in [7, 11) is -4.53. The molecule has 124 valence electrons. The summed E-state index contributed by atoms with van der Waals surface area (Å²) >= 11 is 0. The molecule has 1 aliphatic rings. The summed E-state index contributed by atoms with van der Waals surface area (Å²) in [5.41, 5.74) is 2.61. The largest absolute Gasteiger partial charge is 0.491 e. The first-order valence-electron chi connectivity index (χ1n) is 7.37. The highest BCUT2D eigenvalue weighted by atomic mass is 32.2. The van der Waals surface area contributed by atoms with Crippen LogP contribution in [-0.2, 0) is 31.6 Å². The first-order valence-corrected chi connectivity index (χ1v) is 9.02. The Kier molecular flexibility index (Phi) is 4.44. The van der Waals surface area contributed by atoms with E-state index in [0.717, 1.165) is 5.56 Å². The lowest BCUT2D eigenvalue weighted by molar-refractivity contribution is -0.114. The zero-order valence-electron chi connectivity index (χ0n) is 13.0. The molecule has 8 heteroatoms. The maximum absolute atomic E-state index is 12.5. The lowest BCUT2D eigenvalue weighted by Gasteiger charge is -2.08. The van der Waals surface area contributed by atoms with Gasteiger partial charge in [0.15, 0.2) is 9.84 Å². The summed E-state index contributed by atoms with van der Waals surface area (Å²) < 4.78 is 30.2. The standard InChI is InChI=1S/C16H16BNO5S/c1-11(19)18-14-4-6-15(7-5-14)24(21,22)10-12-2-3-13-9-23-17(20)16(13)8-12/h2-8,20H,9-10H2,1H3,(H,18,19). The SMILES string of the molecule is CC(=O)Nc1ccc(S(=O)(=O)Cc2ccc3c(c2)B(O)OC3)cc1. The highest BCUT2D eigenvalue weighted by Gasteiger charge is 2.28. The molecule has 0 aromatic heterocycles. The van der Waals surface area contributed by atoms with Gasteiger partial charge in [-0.1, -0.05) is 18.2 Å². The molecule has 0 atom stereocenters. The molecular formula is C16H16BNO5S.